The van der Waals surface area contributed by atoms with Crippen molar-refractivity contribution in [3.8, 4) is 22.5 Å². The molecule has 0 unspecified atom stereocenters. The monoisotopic (exact) mass is 658 g/mol. The molecule has 0 saturated carbocycles. The van der Waals surface area contributed by atoms with Crippen LogP contribution in [-0.4, -0.2) is 70.2 Å². The van der Waals surface area contributed by atoms with Crippen molar-refractivity contribution in [1.82, 2.24) is 4.58 Å². The van der Waals surface area contributed by atoms with Gasteiger partial charge >= 0.3 is 0 Å². The zero-order chi connectivity index (χ0) is 32.6. The molecule has 4 aliphatic rings. The number of alkyl halides is 1. The van der Waals surface area contributed by atoms with Gasteiger partial charge in [0, 0.05) is 84.1 Å². The Morgan fingerprint density at radius 2 is 1.62 bits per heavy atom. The normalized spacial score (nSPS) is 14.4. The number of rotatable bonds is 17. The molecule has 2 aromatic carbocycles. The van der Waals surface area contributed by atoms with Crippen molar-refractivity contribution >= 4 is 40.0 Å². The molecule has 0 atom stereocenters. The number of aromatic carboxylic acids is 1. The van der Waals surface area contributed by atoms with Crippen LogP contribution in [0.25, 0.3) is 33.4 Å². The maximum absolute atomic E-state index is 13.4. The minimum absolute atomic E-state index is 0.0383. The van der Waals surface area contributed by atoms with E-state index in [0.29, 0.717) is 61.2 Å². The first-order valence-corrected chi connectivity index (χ1v) is 17.5. The van der Waals surface area contributed by atoms with Gasteiger partial charge in [0.2, 0.25) is 5.36 Å². The number of halogens is 1. The molecular weight excluding hydrogens is 616 g/mol. The second-order valence-electron chi connectivity index (χ2n) is 12.4. The molecule has 2 fully saturated rings. The van der Waals surface area contributed by atoms with Crippen LogP contribution in [0.2, 0.25) is 0 Å². The predicted octanol–water partition coefficient (Wildman–Crippen LogP) is 5.75. The fourth-order valence-corrected chi connectivity index (χ4v) is 6.44. The third-order valence-corrected chi connectivity index (χ3v) is 9.47. The molecule has 0 bridgehead atoms. The Labute approximate surface area is 280 Å². The summed E-state index contributed by atoms with van der Waals surface area (Å²) < 4.78 is 20.1. The Morgan fingerprint density at radius 3 is 2.32 bits per heavy atom. The largest absolute Gasteiger partial charge is 0.545 e. The van der Waals surface area contributed by atoms with Gasteiger partial charge in [0.1, 0.15) is 24.4 Å². The zero-order valence-corrected chi connectivity index (χ0v) is 27.7. The van der Waals surface area contributed by atoms with Crippen molar-refractivity contribution in [3.63, 3.8) is 0 Å². The second-order valence-corrected chi connectivity index (χ2v) is 12.8. The van der Waals surface area contributed by atoms with Gasteiger partial charge in [-0.3, -0.25) is 4.79 Å². The number of anilines is 1. The highest BCUT2D eigenvalue weighted by molar-refractivity contribution is 6.17. The van der Waals surface area contributed by atoms with E-state index in [-0.39, 0.29) is 17.8 Å². The van der Waals surface area contributed by atoms with Gasteiger partial charge in [-0.25, -0.2) is 4.58 Å². The van der Waals surface area contributed by atoms with Crippen LogP contribution in [0.5, 0.6) is 0 Å². The van der Waals surface area contributed by atoms with Crippen molar-refractivity contribution in [3.05, 3.63) is 71.1 Å². The van der Waals surface area contributed by atoms with Crippen LogP contribution >= 0.6 is 11.6 Å². The van der Waals surface area contributed by atoms with Gasteiger partial charge in [0.25, 0.3) is 0 Å². The Balaban J connectivity index is 1.22. The van der Waals surface area contributed by atoms with Crippen LogP contribution in [0, 0.1) is 0 Å². The fourth-order valence-electron chi connectivity index (χ4n) is 6.26. The van der Waals surface area contributed by atoms with Gasteiger partial charge in [-0.05, 0) is 55.5 Å². The summed E-state index contributed by atoms with van der Waals surface area (Å²) in [7, 11) is 0. The molecule has 1 aliphatic carbocycles. The summed E-state index contributed by atoms with van der Waals surface area (Å²) in [5.41, 5.74) is 4.21. The van der Waals surface area contributed by atoms with Crippen LogP contribution in [0.4, 0.5) is 5.69 Å². The third kappa shape index (κ3) is 7.88. The van der Waals surface area contributed by atoms with E-state index >= 15 is 0 Å². The molecule has 47 heavy (non-hydrogen) atoms. The van der Waals surface area contributed by atoms with E-state index in [2.05, 4.69) is 21.6 Å². The minimum Gasteiger partial charge on any atom is -0.545 e. The summed E-state index contributed by atoms with van der Waals surface area (Å²) in [6, 6.07) is 17.0. The van der Waals surface area contributed by atoms with Crippen LogP contribution in [-0.2, 0) is 9.47 Å². The Hall–Kier alpha value is -3.72. The molecule has 3 aliphatic heterocycles. The van der Waals surface area contributed by atoms with E-state index < -0.39 is 5.97 Å². The van der Waals surface area contributed by atoms with E-state index in [4.69, 9.17) is 25.5 Å². The first kappa shape index (κ1) is 33.2. The highest BCUT2D eigenvalue weighted by Crippen LogP contribution is 2.42. The number of carbonyl (C=O) groups is 2. The molecule has 9 heteroatoms. The summed E-state index contributed by atoms with van der Waals surface area (Å²) in [5, 5.41) is 14.3. The smallest absolute Gasteiger partial charge is 0.203 e. The van der Waals surface area contributed by atoms with Crippen LogP contribution < -0.4 is 19.9 Å². The number of carboxylic acids is 1. The van der Waals surface area contributed by atoms with Crippen molar-refractivity contribution in [2.75, 3.05) is 63.4 Å². The number of fused-ring (bicyclic) bond motifs is 2. The van der Waals surface area contributed by atoms with E-state index in [1.165, 1.54) is 6.07 Å². The molecule has 2 aromatic rings. The number of unbranched alkanes of at least 4 members (excludes halogenated alkanes) is 3. The summed E-state index contributed by atoms with van der Waals surface area (Å²) in [5.74, 6) is 0.0239. The van der Waals surface area contributed by atoms with Crippen molar-refractivity contribution < 1.29 is 28.6 Å². The average Bonchev–Trinajstić information content (AvgIpc) is 3.02. The number of hydrogen-bond acceptors (Lipinski definition) is 7. The molecule has 8 nitrogen and oxygen atoms in total. The van der Waals surface area contributed by atoms with E-state index in [1.54, 1.807) is 12.1 Å². The number of Topliss-reactive ketones (excluding diaryl/α,β-unsaturated/α-hetero) is 1. The Bertz CT molecular complexity index is 1760. The second kappa shape index (κ2) is 15.9. The highest BCUT2D eigenvalue weighted by Gasteiger charge is 2.24. The molecular formula is C38H43ClN2O6. The number of ketones is 1. The number of carbonyl (C=O) groups excluding carboxylic acids is 2. The zero-order valence-electron chi connectivity index (χ0n) is 26.9. The number of nitrogens with zero attached hydrogens (tertiary/aromatic N) is 2. The molecule has 0 spiro atoms. The van der Waals surface area contributed by atoms with E-state index in [1.807, 2.05) is 24.3 Å². The van der Waals surface area contributed by atoms with Crippen molar-refractivity contribution in [2.45, 2.75) is 51.4 Å². The summed E-state index contributed by atoms with van der Waals surface area (Å²) in [6.07, 6.45) is 7.47. The van der Waals surface area contributed by atoms with Gasteiger partial charge in [0.15, 0.2) is 5.78 Å². The number of carboxylic acid groups (broad SMARTS) is 1. The van der Waals surface area contributed by atoms with Gasteiger partial charge in [-0.1, -0.05) is 25.0 Å². The molecule has 2 saturated heterocycles. The van der Waals surface area contributed by atoms with Crippen LogP contribution in [0.1, 0.15) is 72.1 Å². The van der Waals surface area contributed by atoms with E-state index in [0.717, 1.165) is 92.3 Å². The fraction of sp³-hybridized carbons (Fsp3) is 0.447. The Kier molecular flexibility index (Phi) is 11.2. The third-order valence-electron chi connectivity index (χ3n) is 9.20. The molecule has 0 amide bonds. The number of benzene rings is 3. The maximum Gasteiger partial charge on any atom is 0.203 e. The SMILES string of the molecule is O=C(CCCOCCOCCCCCCCl)c1ccc(C(=O)[O-])c(-c2c3ccc(=[N+]4CCC4)cc-3oc3cc(N4CCC4)ccc23)c1. The lowest BCUT2D eigenvalue weighted by Crippen LogP contribution is -2.40. The minimum atomic E-state index is -1.29. The molecule has 248 valence electrons. The van der Waals surface area contributed by atoms with Crippen LogP contribution in [0.3, 0.4) is 0 Å². The predicted molar refractivity (Wildman–Crippen MR) is 183 cm³/mol. The highest BCUT2D eigenvalue weighted by atomic mass is 35.5. The van der Waals surface area contributed by atoms with Gasteiger partial charge in [-0.15, -0.1) is 11.6 Å². The summed E-state index contributed by atoms with van der Waals surface area (Å²) in [6.45, 7) is 6.17. The van der Waals surface area contributed by atoms with Gasteiger partial charge in [-0.2, -0.15) is 0 Å². The standard InChI is InChI=1S/C38H43ClN2O6/c39-15-3-1-2-4-20-45-22-23-46-21-5-8-34(42)27-9-12-30(38(43)44)33(24-27)37-31-13-10-28(40-16-6-17-40)25-35(31)47-36-26-29(11-14-32(36)37)41-18-7-19-41/h9-14,24-26H,1-8,15-23H2. The first-order valence-electron chi connectivity index (χ1n) is 17.0. The summed E-state index contributed by atoms with van der Waals surface area (Å²) in [4.78, 5) is 28.1. The number of hydrogen-bond donors (Lipinski definition) is 0. The lowest BCUT2D eigenvalue weighted by atomic mass is 9.88. The average molecular weight is 659 g/mol. The molecule has 3 heterocycles. The van der Waals surface area contributed by atoms with E-state index in [9.17, 15) is 14.7 Å². The maximum atomic E-state index is 13.4. The lowest BCUT2D eigenvalue weighted by Gasteiger charge is -2.33. The van der Waals surface area contributed by atoms with Crippen molar-refractivity contribution in [2.24, 2.45) is 0 Å². The Morgan fingerprint density at radius 1 is 0.830 bits per heavy atom. The van der Waals surface area contributed by atoms with Crippen LogP contribution in [0.15, 0.2) is 59.0 Å². The van der Waals surface area contributed by atoms with Gasteiger partial charge < -0.3 is 28.7 Å². The molecule has 6 rings (SSSR count). The quantitative estimate of drug-likeness (QED) is 0.0469. The topological polar surface area (TPSA) is 95.0 Å². The number of ether oxygens (including phenoxy) is 2. The first-order chi connectivity index (χ1) is 23.0. The molecule has 0 aromatic heterocycles. The molecule has 0 N–H and O–H groups in total. The molecule has 0 radical (unpaired) electrons. The van der Waals surface area contributed by atoms with Crippen molar-refractivity contribution in [1.29, 1.82) is 0 Å². The summed E-state index contributed by atoms with van der Waals surface area (Å²) >= 11 is 5.70. The lowest BCUT2D eigenvalue weighted by molar-refractivity contribution is -0.254. The van der Waals surface area contributed by atoms with Gasteiger partial charge in [0.05, 0.1) is 31.7 Å².